The zero-order valence-corrected chi connectivity index (χ0v) is 13.5. The van der Waals surface area contributed by atoms with Gasteiger partial charge in [0.2, 0.25) is 10.0 Å². The normalized spacial score (nSPS) is 14.4. The van der Waals surface area contributed by atoms with Gasteiger partial charge in [-0.3, -0.25) is 14.3 Å². The largest absolute Gasteiger partial charge is 0.388 e. The second-order valence-corrected chi connectivity index (χ2v) is 7.61. The van der Waals surface area contributed by atoms with Crippen LogP contribution in [0, 0.1) is 10.1 Å². The first-order valence-electron chi connectivity index (χ1n) is 5.96. The molecule has 0 heterocycles. The molecule has 2 atom stereocenters. The summed E-state index contributed by atoms with van der Waals surface area (Å²) in [6.45, 7) is 1.55. The summed E-state index contributed by atoms with van der Waals surface area (Å²) in [6, 6.07) is 3.16. The predicted molar refractivity (Wildman–Crippen MR) is 81.4 cm³/mol. The smallest absolute Gasteiger partial charge is 0.291 e. The van der Waals surface area contributed by atoms with Crippen molar-refractivity contribution in [1.29, 1.82) is 0 Å². The van der Waals surface area contributed by atoms with E-state index >= 15 is 0 Å². The Kier molecular flexibility index (Phi) is 5.81. The first-order chi connectivity index (χ1) is 9.67. The van der Waals surface area contributed by atoms with Crippen LogP contribution < -0.4 is 10.0 Å². The number of rotatable bonds is 7. The van der Waals surface area contributed by atoms with E-state index in [1.54, 1.807) is 14.0 Å². The Labute approximate surface area is 125 Å². The number of nitro benzene ring substituents is 1. The van der Waals surface area contributed by atoms with Crippen molar-refractivity contribution < 1.29 is 17.6 Å². The molecule has 0 aliphatic heterocycles. The summed E-state index contributed by atoms with van der Waals surface area (Å²) in [4.78, 5) is 9.87. The van der Waals surface area contributed by atoms with Crippen molar-refractivity contribution in [2.75, 3.05) is 24.4 Å². The molecule has 10 heteroatoms. The van der Waals surface area contributed by atoms with Crippen LogP contribution in [0.1, 0.15) is 6.92 Å². The van der Waals surface area contributed by atoms with Gasteiger partial charge >= 0.3 is 0 Å². The van der Waals surface area contributed by atoms with Crippen molar-refractivity contribution >= 4 is 32.2 Å². The van der Waals surface area contributed by atoms with Gasteiger partial charge in [0.15, 0.2) is 4.90 Å². The van der Waals surface area contributed by atoms with Crippen molar-refractivity contribution in [3.8, 4) is 0 Å². The second-order valence-electron chi connectivity index (χ2n) is 4.45. The fourth-order valence-electron chi connectivity index (χ4n) is 1.76. The van der Waals surface area contributed by atoms with Crippen molar-refractivity contribution in [3.05, 3.63) is 28.3 Å². The molecule has 118 valence electrons. The number of hydrogen-bond donors (Lipinski definition) is 2. The SMILES string of the molecule is CNc1ccc(S(=O)(=O)NC(C)CS(C)=O)c([N+](=O)[O-])c1. The zero-order chi connectivity index (χ0) is 16.2. The topological polar surface area (TPSA) is 118 Å². The molecule has 1 aromatic rings. The van der Waals surface area contributed by atoms with Crippen LogP contribution in [0.3, 0.4) is 0 Å². The minimum absolute atomic E-state index is 0.127. The Bertz CT molecular complexity index is 660. The van der Waals surface area contributed by atoms with Gasteiger partial charge in [0.05, 0.1) is 4.92 Å². The second kappa shape index (κ2) is 6.96. The van der Waals surface area contributed by atoms with Crippen molar-refractivity contribution in [2.24, 2.45) is 0 Å². The minimum atomic E-state index is -4.06. The molecule has 0 amide bonds. The van der Waals surface area contributed by atoms with Crippen LogP contribution in [0.4, 0.5) is 11.4 Å². The molecule has 0 bridgehead atoms. The molecule has 1 aromatic carbocycles. The highest BCUT2D eigenvalue weighted by atomic mass is 32.2. The van der Waals surface area contributed by atoms with Gasteiger partial charge in [0.1, 0.15) is 0 Å². The average Bonchev–Trinajstić information content (AvgIpc) is 2.36. The third-order valence-corrected chi connectivity index (χ3v) is 5.18. The number of sulfonamides is 1. The molecule has 2 unspecified atom stereocenters. The molecule has 8 nitrogen and oxygen atoms in total. The van der Waals surface area contributed by atoms with E-state index in [1.807, 2.05) is 0 Å². The lowest BCUT2D eigenvalue weighted by molar-refractivity contribution is -0.387. The number of nitrogens with zero attached hydrogens (tertiary/aromatic N) is 1. The van der Waals surface area contributed by atoms with Gasteiger partial charge in [-0.1, -0.05) is 0 Å². The Morgan fingerprint density at radius 1 is 1.43 bits per heavy atom. The summed E-state index contributed by atoms with van der Waals surface area (Å²) in [5, 5.41) is 13.7. The van der Waals surface area contributed by atoms with Crippen LogP contribution in [0.2, 0.25) is 0 Å². The van der Waals surface area contributed by atoms with Crippen LogP contribution in [-0.2, 0) is 20.8 Å². The predicted octanol–water partition coefficient (Wildman–Crippen LogP) is 0.682. The minimum Gasteiger partial charge on any atom is -0.388 e. The molecule has 1 rings (SSSR count). The number of nitrogens with one attached hydrogen (secondary N) is 2. The van der Waals surface area contributed by atoms with Gasteiger partial charge in [0.25, 0.3) is 5.69 Å². The molecule has 2 N–H and O–H groups in total. The summed E-state index contributed by atoms with van der Waals surface area (Å²) in [5.74, 6) is 0.127. The van der Waals surface area contributed by atoms with E-state index in [9.17, 15) is 22.7 Å². The third kappa shape index (κ3) is 4.76. The molecule has 0 saturated carbocycles. The van der Waals surface area contributed by atoms with Gasteiger partial charge in [-0.15, -0.1) is 0 Å². The van der Waals surface area contributed by atoms with E-state index in [0.29, 0.717) is 5.69 Å². The molecular weight excluding hydrogens is 318 g/mol. The Morgan fingerprint density at radius 3 is 2.52 bits per heavy atom. The highest BCUT2D eigenvalue weighted by Gasteiger charge is 2.27. The van der Waals surface area contributed by atoms with Crippen LogP contribution >= 0.6 is 0 Å². The molecule has 0 radical (unpaired) electrons. The fourth-order valence-corrected chi connectivity index (χ4v) is 4.05. The lowest BCUT2D eigenvalue weighted by Crippen LogP contribution is -2.36. The zero-order valence-electron chi connectivity index (χ0n) is 11.8. The number of nitro groups is 1. The molecule has 0 aromatic heterocycles. The molecular formula is C11H17N3O5S2. The van der Waals surface area contributed by atoms with Crippen molar-refractivity contribution in [2.45, 2.75) is 17.9 Å². The van der Waals surface area contributed by atoms with Gasteiger partial charge in [-0.2, -0.15) is 0 Å². The number of benzene rings is 1. The van der Waals surface area contributed by atoms with Gasteiger partial charge in [0, 0.05) is 47.7 Å². The molecule has 0 fully saturated rings. The molecule has 0 saturated heterocycles. The maximum Gasteiger partial charge on any atom is 0.291 e. The summed E-state index contributed by atoms with van der Waals surface area (Å²) >= 11 is 0. The summed E-state index contributed by atoms with van der Waals surface area (Å²) in [6.07, 6.45) is 1.45. The van der Waals surface area contributed by atoms with Crippen LogP contribution in [0.15, 0.2) is 23.1 Å². The monoisotopic (exact) mass is 335 g/mol. The Balaban J connectivity index is 3.19. The highest BCUT2D eigenvalue weighted by molar-refractivity contribution is 7.89. The van der Waals surface area contributed by atoms with Crippen LogP contribution in [0.25, 0.3) is 0 Å². The molecule has 0 aliphatic carbocycles. The quantitative estimate of drug-likeness (QED) is 0.559. The first-order valence-corrected chi connectivity index (χ1v) is 9.17. The number of hydrogen-bond acceptors (Lipinski definition) is 6. The van der Waals surface area contributed by atoms with E-state index in [2.05, 4.69) is 10.0 Å². The van der Waals surface area contributed by atoms with Crippen molar-refractivity contribution in [3.63, 3.8) is 0 Å². The summed E-state index contributed by atoms with van der Waals surface area (Å²) in [7, 11) is -3.66. The standard InChI is InChI=1S/C11H17N3O5S2/c1-8(7-20(3)17)13-21(18,19)11-5-4-9(12-2)6-10(11)14(15)16/h4-6,8,12-13H,7H2,1-3H3. The summed E-state index contributed by atoms with van der Waals surface area (Å²) < 4.78 is 37.8. The van der Waals surface area contributed by atoms with E-state index in [0.717, 1.165) is 6.07 Å². The van der Waals surface area contributed by atoms with E-state index in [-0.39, 0.29) is 5.75 Å². The van der Waals surface area contributed by atoms with Crippen molar-refractivity contribution in [1.82, 2.24) is 4.72 Å². The van der Waals surface area contributed by atoms with Crippen LogP contribution in [-0.4, -0.2) is 42.6 Å². The van der Waals surface area contributed by atoms with E-state index in [4.69, 9.17) is 0 Å². The molecule has 21 heavy (non-hydrogen) atoms. The lowest BCUT2D eigenvalue weighted by atomic mass is 10.3. The average molecular weight is 335 g/mol. The van der Waals surface area contributed by atoms with Gasteiger partial charge in [-0.25, -0.2) is 13.1 Å². The van der Waals surface area contributed by atoms with Crippen LogP contribution in [0.5, 0.6) is 0 Å². The van der Waals surface area contributed by atoms with Gasteiger partial charge < -0.3 is 5.32 Å². The first kappa shape index (κ1) is 17.5. The maximum absolute atomic E-state index is 12.2. The summed E-state index contributed by atoms with van der Waals surface area (Å²) in [5.41, 5.74) is -0.0810. The number of anilines is 1. The fraction of sp³-hybridized carbons (Fsp3) is 0.455. The third-order valence-electron chi connectivity index (χ3n) is 2.57. The Morgan fingerprint density at radius 2 is 2.05 bits per heavy atom. The maximum atomic E-state index is 12.2. The van der Waals surface area contributed by atoms with Gasteiger partial charge in [-0.05, 0) is 19.1 Å². The molecule has 0 aliphatic rings. The van der Waals surface area contributed by atoms with E-state index in [1.165, 1.54) is 18.4 Å². The lowest BCUT2D eigenvalue weighted by Gasteiger charge is -2.13. The Hall–Kier alpha value is -1.52. The highest BCUT2D eigenvalue weighted by Crippen LogP contribution is 2.27. The van der Waals surface area contributed by atoms with E-state index < -0.39 is 42.4 Å². The molecule has 0 spiro atoms.